The summed E-state index contributed by atoms with van der Waals surface area (Å²) in [6.07, 6.45) is 3.65. The third-order valence-electron chi connectivity index (χ3n) is 5.61. The Bertz CT molecular complexity index is 1220. The van der Waals surface area contributed by atoms with Gasteiger partial charge in [-0.3, -0.25) is 4.57 Å². The molecule has 3 heterocycles. The van der Waals surface area contributed by atoms with Gasteiger partial charge in [0, 0.05) is 24.5 Å². The van der Waals surface area contributed by atoms with Crippen LogP contribution in [0, 0.1) is 0 Å². The Hall–Kier alpha value is -3.45. The Morgan fingerprint density at radius 1 is 1.10 bits per heavy atom. The second-order valence-electron chi connectivity index (χ2n) is 7.47. The molecule has 4 aromatic rings. The molecule has 5 rings (SSSR count). The average molecular weight is 387 g/mol. The lowest BCUT2D eigenvalue weighted by Gasteiger charge is -2.32. The molecular weight excluding hydrogens is 366 g/mol. The van der Waals surface area contributed by atoms with Crippen molar-refractivity contribution < 1.29 is 9.90 Å². The van der Waals surface area contributed by atoms with Gasteiger partial charge in [-0.25, -0.2) is 14.8 Å². The van der Waals surface area contributed by atoms with Crippen molar-refractivity contribution in [3.63, 3.8) is 0 Å². The summed E-state index contributed by atoms with van der Waals surface area (Å²) >= 11 is 0. The zero-order valence-corrected chi connectivity index (χ0v) is 15.8. The maximum Gasteiger partial charge on any atom is 0.335 e. The van der Waals surface area contributed by atoms with Crippen molar-refractivity contribution in [2.24, 2.45) is 5.73 Å². The van der Waals surface area contributed by atoms with E-state index < -0.39 is 5.97 Å². The van der Waals surface area contributed by atoms with E-state index in [4.69, 9.17) is 10.7 Å². The Kier molecular flexibility index (Phi) is 4.17. The molecule has 0 spiro atoms. The van der Waals surface area contributed by atoms with Crippen LogP contribution in [-0.4, -0.2) is 44.7 Å². The molecule has 2 aromatic carbocycles. The van der Waals surface area contributed by atoms with Gasteiger partial charge in [-0.1, -0.05) is 12.1 Å². The minimum Gasteiger partial charge on any atom is -0.478 e. The predicted molar refractivity (Wildman–Crippen MR) is 113 cm³/mol. The second kappa shape index (κ2) is 6.86. The molecule has 7 heteroatoms. The monoisotopic (exact) mass is 387 g/mol. The number of para-hydroxylation sites is 1. The molecule has 29 heavy (non-hydrogen) atoms. The maximum absolute atomic E-state index is 11.2. The average Bonchev–Trinajstić information content (AvgIpc) is 3.17. The number of pyridine rings is 1. The third-order valence-corrected chi connectivity index (χ3v) is 5.61. The van der Waals surface area contributed by atoms with E-state index in [1.165, 1.54) is 0 Å². The highest BCUT2D eigenvalue weighted by Gasteiger charge is 2.19. The van der Waals surface area contributed by atoms with E-state index in [2.05, 4.69) is 34.1 Å². The lowest BCUT2D eigenvalue weighted by atomic mass is 10.0. The Balaban J connectivity index is 1.60. The number of aromatic carboxylic acids is 1. The van der Waals surface area contributed by atoms with Gasteiger partial charge in [0.15, 0.2) is 0 Å². The molecule has 0 aliphatic carbocycles. The lowest BCUT2D eigenvalue weighted by molar-refractivity contribution is 0.0697. The van der Waals surface area contributed by atoms with Crippen LogP contribution in [0.4, 0.5) is 5.69 Å². The van der Waals surface area contributed by atoms with Crippen LogP contribution < -0.4 is 10.6 Å². The number of hydrogen-bond donors (Lipinski definition) is 2. The number of aromatic nitrogens is 3. The van der Waals surface area contributed by atoms with Crippen molar-refractivity contribution in [2.75, 3.05) is 18.0 Å². The molecular formula is C22H21N5O2. The number of carboxylic acid groups (broad SMARTS) is 1. The van der Waals surface area contributed by atoms with Gasteiger partial charge in [0.2, 0.25) is 0 Å². The molecule has 0 unspecified atom stereocenters. The summed E-state index contributed by atoms with van der Waals surface area (Å²) in [4.78, 5) is 22.9. The standard InChI is InChI=1S/C22H21N5O2/c23-16-8-10-26(11-9-16)19-3-1-2-14-5-7-20(25-21(14)19)27-13-24-17-12-15(22(28)29)4-6-18(17)27/h1-7,12-13,16H,8-11,23H2,(H,28,29). The number of hydrogen-bond acceptors (Lipinski definition) is 5. The molecule has 1 saturated heterocycles. The number of imidazole rings is 1. The molecule has 0 radical (unpaired) electrons. The number of piperidine rings is 1. The molecule has 1 aliphatic heterocycles. The number of nitrogens with zero attached hydrogens (tertiary/aromatic N) is 4. The van der Waals surface area contributed by atoms with Crippen LogP contribution in [0.25, 0.3) is 27.8 Å². The zero-order chi connectivity index (χ0) is 20.0. The molecule has 0 bridgehead atoms. The van der Waals surface area contributed by atoms with Crippen molar-refractivity contribution >= 4 is 33.6 Å². The molecule has 3 N–H and O–H groups in total. The first kappa shape index (κ1) is 17.6. The van der Waals surface area contributed by atoms with E-state index in [-0.39, 0.29) is 11.6 Å². The first-order chi connectivity index (χ1) is 14.1. The van der Waals surface area contributed by atoms with E-state index >= 15 is 0 Å². The van der Waals surface area contributed by atoms with Crippen LogP contribution in [0.15, 0.2) is 54.9 Å². The number of rotatable bonds is 3. The molecule has 0 saturated carbocycles. The summed E-state index contributed by atoms with van der Waals surface area (Å²) in [6, 6.07) is 15.5. The topological polar surface area (TPSA) is 97.3 Å². The summed E-state index contributed by atoms with van der Waals surface area (Å²) in [7, 11) is 0. The van der Waals surface area contributed by atoms with Gasteiger partial charge in [0.25, 0.3) is 0 Å². The highest BCUT2D eigenvalue weighted by molar-refractivity contribution is 5.93. The van der Waals surface area contributed by atoms with Crippen molar-refractivity contribution in [1.82, 2.24) is 14.5 Å². The third kappa shape index (κ3) is 3.09. The molecule has 0 atom stereocenters. The predicted octanol–water partition coefficient (Wildman–Crippen LogP) is 3.20. The summed E-state index contributed by atoms with van der Waals surface area (Å²) in [5.41, 5.74) is 9.81. The number of carboxylic acids is 1. The summed E-state index contributed by atoms with van der Waals surface area (Å²) in [5.74, 6) is -0.208. The van der Waals surface area contributed by atoms with Gasteiger partial charge < -0.3 is 15.7 Å². The van der Waals surface area contributed by atoms with Crippen LogP contribution in [0.3, 0.4) is 0 Å². The summed E-state index contributed by atoms with van der Waals surface area (Å²) < 4.78 is 1.89. The first-order valence-corrected chi connectivity index (χ1v) is 9.71. The molecule has 7 nitrogen and oxygen atoms in total. The van der Waals surface area contributed by atoms with Gasteiger partial charge >= 0.3 is 5.97 Å². The van der Waals surface area contributed by atoms with E-state index in [1.807, 2.05) is 10.6 Å². The van der Waals surface area contributed by atoms with E-state index in [0.717, 1.165) is 53.9 Å². The SMILES string of the molecule is NC1CCN(c2cccc3ccc(-n4cnc5cc(C(=O)O)ccc54)nc23)CC1. The number of fused-ring (bicyclic) bond motifs is 2. The Morgan fingerprint density at radius 3 is 2.72 bits per heavy atom. The van der Waals surface area contributed by atoms with Crippen LogP contribution in [0.2, 0.25) is 0 Å². The van der Waals surface area contributed by atoms with Crippen LogP contribution in [-0.2, 0) is 0 Å². The number of nitrogens with two attached hydrogens (primary N) is 1. The van der Waals surface area contributed by atoms with Crippen molar-refractivity contribution in [1.29, 1.82) is 0 Å². The fraction of sp³-hybridized carbons (Fsp3) is 0.227. The van der Waals surface area contributed by atoms with Crippen molar-refractivity contribution in [2.45, 2.75) is 18.9 Å². The number of benzene rings is 2. The highest BCUT2D eigenvalue weighted by Crippen LogP contribution is 2.29. The van der Waals surface area contributed by atoms with Crippen molar-refractivity contribution in [3.05, 3.63) is 60.4 Å². The minimum atomic E-state index is -0.962. The second-order valence-corrected chi connectivity index (χ2v) is 7.47. The van der Waals surface area contributed by atoms with Gasteiger partial charge in [0.05, 0.1) is 27.8 Å². The number of anilines is 1. The van der Waals surface area contributed by atoms with Crippen LogP contribution in [0.5, 0.6) is 0 Å². The van der Waals surface area contributed by atoms with Crippen LogP contribution in [0.1, 0.15) is 23.2 Å². The van der Waals surface area contributed by atoms with E-state index in [1.54, 1.807) is 24.5 Å². The van der Waals surface area contributed by atoms with E-state index in [0.29, 0.717) is 5.52 Å². The van der Waals surface area contributed by atoms with Gasteiger partial charge in [0.1, 0.15) is 12.1 Å². The quantitative estimate of drug-likeness (QED) is 0.560. The lowest BCUT2D eigenvalue weighted by Crippen LogP contribution is -2.39. The maximum atomic E-state index is 11.2. The molecule has 0 amide bonds. The highest BCUT2D eigenvalue weighted by atomic mass is 16.4. The van der Waals surface area contributed by atoms with Crippen LogP contribution >= 0.6 is 0 Å². The fourth-order valence-corrected chi connectivity index (χ4v) is 3.98. The normalized spacial score (nSPS) is 15.3. The Morgan fingerprint density at radius 2 is 1.93 bits per heavy atom. The smallest absolute Gasteiger partial charge is 0.335 e. The van der Waals surface area contributed by atoms with Gasteiger partial charge in [-0.15, -0.1) is 0 Å². The summed E-state index contributed by atoms with van der Waals surface area (Å²) in [5, 5.41) is 10.3. The molecule has 2 aromatic heterocycles. The zero-order valence-electron chi connectivity index (χ0n) is 15.8. The molecule has 146 valence electrons. The Labute approximate surface area is 167 Å². The summed E-state index contributed by atoms with van der Waals surface area (Å²) in [6.45, 7) is 1.86. The van der Waals surface area contributed by atoms with Crippen molar-refractivity contribution in [3.8, 4) is 5.82 Å². The van der Waals surface area contributed by atoms with Gasteiger partial charge in [-0.2, -0.15) is 0 Å². The first-order valence-electron chi connectivity index (χ1n) is 9.71. The molecule has 1 fully saturated rings. The molecule has 1 aliphatic rings. The van der Waals surface area contributed by atoms with Gasteiger partial charge in [-0.05, 0) is 49.2 Å². The largest absolute Gasteiger partial charge is 0.478 e. The van der Waals surface area contributed by atoms with E-state index in [9.17, 15) is 9.90 Å². The number of carbonyl (C=O) groups is 1. The fourth-order valence-electron chi connectivity index (χ4n) is 3.98. The minimum absolute atomic E-state index is 0.222.